The Hall–Kier alpha value is -1.08. The Kier molecular flexibility index (Phi) is 7.20. The van der Waals surface area contributed by atoms with Crippen LogP contribution in [-0.2, 0) is 13.2 Å². The SMILES string of the molecule is Fc1ccccc1COc1c(Br)cc(CNc2ccc(Br)c(Cl)c2)cc1Br. The van der Waals surface area contributed by atoms with Gasteiger partial charge in [-0.2, -0.15) is 0 Å². The van der Waals surface area contributed by atoms with E-state index in [1.165, 1.54) is 6.07 Å². The molecule has 0 saturated heterocycles. The van der Waals surface area contributed by atoms with Gasteiger partial charge >= 0.3 is 0 Å². The van der Waals surface area contributed by atoms with Gasteiger partial charge in [-0.3, -0.25) is 0 Å². The summed E-state index contributed by atoms with van der Waals surface area (Å²) in [6.07, 6.45) is 0. The molecular weight excluding hydrogens is 564 g/mol. The number of hydrogen-bond acceptors (Lipinski definition) is 2. The number of ether oxygens (including phenoxy) is 1. The highest BCUT2D eigenvalue weighted by molar-refractivity contribution is 9.11. The molecule has 0 atom stereocenters. The Bertz CT molecular complexity index is 945. The molecule has 7 heteroatoms. The summed E-state index contributed by atoms with van der Waals surface area (Å²) in [5, 5.41) is 3.98. The Labute approximate surface area is 187 Å². The second-order valence-corrected chi connectivity index (χ2v) is 8.72. The molecule has 27 heavy (non-hydrogen) atoms. The third-order valence-electron chi connectivity index (χ3n) is 3.80. The van der Waals surface area contributed by atoms with Crippen LogP contribution in [-0.4, -0.2) is 0 Å². The molecule has 0 unspecified atom stereocenters. The lowest BCUT2D eigenvalue weighted by Gasteiger charge is -2.14. The van der Waals surface area contributed by atoms with E-state index in [-0.39, 0.29) is 12.4 Å². The maximum Gasteiger partial charge on any atom is 0.148 e. The number of nitrogens with one attached hydrogen (secondary N) is 1. The number of benzene rings is 3. The van der Waals surface area contributed by atoms with Crippen LogP contribution in [0.25, 0.3) is 0 Å². The van der Waals surface area contributed by atoms with Gasteiger partial charge in [0.25, 0.3) is 0 Å². The lowest BCUT2D eigenvalue weighted by molar-refractivity contribution is 0.296. The summed E-state index contributed by atoms with van der Waals surface area (Å²) in [5.41, 5.74) is 2.48. The number of hydrogen-bond donors (Lipinski definition) is 1. The van der Waals surface area contributed by atoms with Crippen molar-refractivity contribution in [1.82, 2.24) is 0 Å². The molecule has 0 bridgehead atoms. The first kappa shape index (κ1) is 20.6. The van der Waals surface area contributed by atoms with E-state index in [2.05, 4.69) is 53.1 Å². The van der Waals surface area contributed by atoms with Gasteiger partial charge in [0.2, 0.25) is 0 Å². The third-order valence-corrected chi connectivity index (χ3v) is 6.21. The quantitative estimate of drug-likeness (QED) is 0.321. The summed E-state index contributed by atoms with van der Waals surface area (Å²) in [5.74, 6) is 0.354. The largest absolute Gasteiger partial charge is 0.486 e. The topological polar surface area (TPSA) is 21.3 Å². The Morgan fingerprint density at radius 2 is 1.63 bits per heavy atom. The fourth-order valence-electron chi connectivity index (χ4n) is 2.43. The molecule has 3 aromatic carbocycles. The molecule has 1 N–H and O–H groups in total. The minimum absolute atomic E-state index is 0.152. The van der Waals surface area contributed by atoms with E-state index in [1.54, 1.807) is 18.2 Å². The van der Waals surface area contributed by atoms with Crippen molar-refractivity contribution in [2.45, 2.75) is 13.2 Å². The third kappa shape index (κ3) is 5.47. The summed E-state index contributed by atoms with van der Waals surface area (Å²) in [7, 11) is 0. The first-order valence-corrected chi connectivity index (χ1v) is 10.7. The predicted molar refractivity (Wildman–Crippen MR) is 119 cm³/mol. The van der Waals surface area contributed by atoms with Crippen molar-refractivity contribution >= 4 is 65.1 Å². The summed E-state index contributed by atoms with van der Waals surface area (Å²) in [4.78, 5) is 0. The molecule has 3 rings (SSSR count). The van der Waals surface area contributed by atoms with Gasteiger partial charge < -0.3 is 10.1 Å². The molecule has 0 aliphatic carbocycles. The van der Waals surface area contributed by atoms with Gasteiger partial charge in [0.05, 0.1) is 14.0 Å². The number of anilines is 1. The molecule has 0 heterocycles. The van der Waals surface area contributed by atoms with Crippen molar-refractivity contribution in [3.05, 3.63) is 90.0 Å². The molecule has 140 valence electrons. The molecule has 0 radical (unpaired) electrons. The van der Waals surface area contributed by atoms with Gasteiger partial charge in [-0.1, -0.05) is 29.8 Å². The summed E-state index contributed by atoms with van der Waals surface area (Å²) < 4.78 is 22.0. The standard InChI is InChI=1S/C20H14Br3ClFNO/c21-15-6-5-14(9-18(15)24)26-10-12-7-16(22)20(17(23)8-12)27-11-13-3-1-2-4-19(13)25/h1-9,26H,10-11H2. The zero-order valence-electron chi connectivity index (χ0n) is 13.9. The van der Waals surface area contributed by atoms with Crippen molar-refractivity contribution in [2.75, 3.05) is 5.32 Å². The number of rotatable bonds is 6. The average Bonchev–Trinajstić information content (AvgIpc) is 2.63. The smallest absolute Gasteiger partial charge is 0.148 e. The van der Waals surface area contributed by atoms with E-state index in [0.717, 1.165) is 24.7 Å². The lowest BCUT2D eigenvalue weighted by Crippen LogP contribution is -2.02. The zero-order valence-corrected chi connectivity index (χ0v) is 19.4. The normalized spacial score (nSPS) is 10.7. The fourth-order valence-corrected chi connectivity index (χ4v) is 4.37. The monoisotopic (exact) mass is 575 g/mol. The molecule has 0 aliphatic rings. The molecule has 0 fully saturated rings. The van der Waals surface area contributed by atoms with E-state index < -0.39 is 0 Å². The molecule has 2 nitrogen and oxygen atoms in total. The van der Waals surface area contributed by atoms with Crippen molar-refractivity contribution in [3.8, 4) is 5.75 Å². The first-order valence-electron chi connectivity index (χ1n) is 7.97. The molecule has 3 aromatic rings. The molecule has 0 aromatic heterocycles. The second-order valence-electron chi connectivity index (χ2n) is 5.75. The van der Waals surface area contributed by atoms with Gasteiger partial charge in [0, 0.05) is 22.3 Å². The van der Waals surface area contributed by atoms with Crippen LogP contribution >= 0.6 is 59.4 Å². The van der Waals surface area contributed by atoms with Crippen LogP contribution < -0.4 is 10.1 Å². The summed E-state index contributed by atoms with van der Waals surface area (Å²) >= 11 is 16.6. The van der Waals surface area contributed by atoms with E-state index >= 15 is 0 Å². The molecular formula is C20H14Br3ClFNO. The van der Waals surface area contributed by atoms with Crippen LogP contribution in [0.3, 0.4) is 0 Å². The van der Waals surface area contributed by atoms with Gasteiger partial charge in [0.1, 0.15) is 18.2 Å². The van der Waals surface area contributed by atoms with Gasteiger partial charge in [0.15, 0.2) is 0 Å². The predicted octanol–water partition coefficient (Wildman–Crippen LogP) is 7.96. The van der Waals surface area contributed by atoms with Crippen LogP contribution in [0, 0.1) is 5.82 Å². The van der Waals surface area contributed by atoms with Crippen LogP contribution in [0.15, 0.2) is 68.0 Å². The van der Waals surface area contributed by atoms with Gasteiger partial charge in [-0.05, 0) is 89.8 Å². The minimum atomic E-state index is -0.279. The molecule has 0 amide bonds. The average molecular weight is 579 g/mol. The molecule has 0 saturated carbocycles. The van der Waals surface area contributed by atoms with Crippen LogP contribution in [0.4, 0.5) is 10.1 Å². The Balaban J connectivity index is 1.68. The maximum absolute atomic E-state index is 13.7. The molecule has 0 aliphatic heterocycles. The van der Waals surface area contributed by atoms with Crippen molar-refractivity contribution in [2.24, 2.45) is 0 Å². The maximum atomic E-state index is 13.7. The van der Waals surface area contributed by atoms with Crippen LogP contribution in [0.2, 0.25) is 5.02 Å². The highest BCUT2D eigenvalue weighted by Crippen LogP contribution is 2.36. The Morgan fingerprint density at radius 1 is 0.926 bits per heavy atom. The zero-order chi connectivity index (χ0) is 19.4. The molecule has 0 spiro atoms. The van der Waals surface area contributed by atoms with E-state index in [9.17, 15) is 4.39 Å². The van der Waals surface area contributed by atoms with E-state index in [1.807, 2.05) is 30.3 Å². The summed E-state index contributed by atoms with van der Waals surface area (Å²) in [6, 6.07) is 16.2. The summed E-state index contributed by atoms with van der Waals surface area (Å²) in [6.45, 7) is 0.765. The lowest BCUT2D eigenvalue weighted by atomic mass is 10.2. The number of halogens is 5. The van der Waals surface area contributed by atoms with Crippen molar-refractivity contribution < 1.29 is 9.13 Å². The Morgan fingerprint density at radius 3 is 2.30 bits per heavy atom. The van der Waals surface area contributed by atoms with Crippen LogP contribution in [0.1, 0.15) is 11.1 Å². The first-order chi connectivity index (χ1) is 12.9. The van der Waals surface area contributed by atoms with Gasteiger partial charge in [-0.15, -0.1) is 0 Å². The van der Waals surface area contributed by atoms with Crippen molar-refractivity contribution in [1.29, 1.82) is 0 Å². The highest BCUT2D eigenvalue weighted by atomic mass is 79.9. The van der Waals surface area contributed by atoms with E-state index in [4.69, 9.17) is 16.3 Å². The fraction of sp³-hybridized carbons (Fsp3) is 0.100. The second kappa shape index (κ2) is 9.41. The highest BCUT2D eigenvalue weighted by Gasteiger charge is 2.11. The minimum Gasteiger partial charge on any atom is -0.486 e. The van der Waals surface area contributed by atoms with E-state index in [0.29, 0.717) is 22.9 Å². The van der Waals surface area contributed by atoms with Gasteiger partial charge in [-0.25, -0.2) is 4.39 Å². The van der Waals surface area contributed by atoms with Crippen LogP contribution in [0.5, 0.6) is 5.75 Å². The van der Waals surface area contributed by atoms with Crippen molar-refractivity contribution in [3.63, 3.8) is 0 Å².